The molecule has 0 atom stereocenters. The van der Waals surface area contributed by atoms with Gasteiger partial charge in [-0.3, -0.25) is 19.2 Å². The van der Waals surface area contributed by atoms with Crippen molar-refractivity contribution in [3.8, 4) is 17.2 Å². The topological polar surface area (TPSA) is 224 Å². The van der Waals surface area contributed by atoms with Crippen molar-refractivity contribution < 1.29 is 65.1 Å². The van der Waals surface area contributed by atoms with E-state index in [0.29, 0.717) is 54.3 Å². The van der Waals surface area contributed by atoms with Crippen molar-refractivity contribution >= 4 is 56.8 Å². The first-order valence-corrected chi connectivity index (χ1v) is 17.5. The summed E-state index contributed by atoms with van der Waals surface area (Å²) in [6.45, 7) is 0.665. The molecular weight excluding hydrogens is 680 g/mol. The Morgan fingerprint density at radius 3 is 1.88 bits per heavy atom. The normalized spacial score (nSPS) is 15.0. The van der Waals surface area contributed by atoms with E-state index < -0.39 is 50.6 Å². The van der Waals surface area contributed by atoms with Gasteiger partial charge >= 0.3 is 11.9 Å². The largest absolute Gasteiger partial charge is 0.744 e. The van der Waals surface area contributed by atoms with Crippen LogP contribution in [0.25, 0.3) is 22.6 Å². The van der Waals surface area contributed by atoms with Crippen molar-refractivity contribution in [2.75, 3.05) is 6.61 Å². The average molecular weight is 715 g/mol. The number of imide groups is 2. The fourth-order valence-corrected chi connectivity index (χ4v) is 5.82. The minimum Gasteiger partial charge on any atom is -0.744 e. The lowest BCUT2D eigenvalue weighted by Crippen LogP contribution is -2.32. The van der Waals surface area contributed by atoms with Crippen LogP contribution in [0.5, 0.6) is 5.75 Å². The number of rotatable bonds is 17. The molecule has 17 nitrogen and oxygen atoms in total. The van der Waals surface area contributed by atoms with Crippen molar-refractivity contribution in [1.29, 1.82) is 0 Å². The van der Waals surface area contributed by atoms with Gasteiger partial charge in [-0.15, -0.1) is 10.1 Å². The van der Waals surface area contributed by atoms with E-state index in [1.54, 1.807) is 24.5 Å². The first-order valence-electron chi connectivity index (χ1n) is 16.0. The second-order valence-electron chi connectivity index (χ2n) is 11.6. The third kappa shape index (κ3) is 9.26. The summed E-state index contributed by atoms with van der Waals surface area (Å²) < 4.78 is 49.4. The van der Waals surface area contributed by atoms with Gasteiger partial charge in [0.05, 0.1) is 11.5 Å². The number of carbonyl (C=O) groups is 6. The fourth-order valence-electron chi connectivity index (χ4n) is 5.20. The molecule has 0 radical (unpaired) electrons. The van der Waals surface area contributed by atoms with Crippen LogP contribution in [0.15, 0.2) is 46.0 Å². The number of unbranched alkanes of at least 4 members (excludes halogenated alkanes) is 4. The third-order valence-electron chi connectivity index (χ3n) is 7.84. The van der Waals surface area contributed by atoms with E-state index in [2.05, 4.69) is 4.98 Å². The number of oxazole rings is 1. The van der Waals surface area contributed by atoms with E-state index in [4.69, 9.17) is 18.8 Å². The molecule has 266 valence electrons. The van der Waals surface area contributed by atoms with E-state index in [1.807, 2.05) is 4.57 Å². The summed E-state index contributed by atoms with van der Waals surface area (Å²) in [4.78, 5) is 83.5. The van der Waals surface area contributed by atoms with Crippen molar-refractivity contribution in [3.63, 3.8) is 0 Å². The predicted molar refractivity (Wildman–Crippen MR) is 164 cm³/mol. The number of aryl methyl sites for hydroxylation is 1. The maximum atomic E-state index is 12.0. The summed E-state index contributed by atoms with van der Waals surface area (Å²) in [5, 5.41) is 1.02. The van der Waals surface area contributed by atoms with E-state index in [-0.39, 0.29) is 67.9 Å². The third-order valence-corrected chi connectivity index (χ3v) is 8.70. The van der Waals surface area contributed by atoms with Gasteiger partial charge < -0.3 is 23.4 Å². The van der Waals surface area contributed by atoms with Crippen LogP contribution in [0, 0.1) is 0 Å². The number of hydrogen-bond donors (Lipinski definition) is 0. The van der Waals surface area contributed by atoms with Gasteiger partial charge in [-0.1, -0.05) is 0 Å². The highest BCUT2D eigenvalue weighted by molar-refractivity contribution is 7.85. The molecule has 5 rings (SSSR count). The van der Waals surface area contributed by atoms with Crippen LogP contribution in [-0.4, -0.2) is 70.3 Å². The van der Waals surface area contributed by atoms with Crippen molar-refractivity contribution in [2.24, 2.45) is 0 Å². The van der Waals surface area contributed by atoms with Crippen LogP contribution in [0.3, 0.4) is 0 Å². The molecule has 2 aliphatic rings. The smallest absolute Gasteiger partial charge is 0.333 e. The molecule has 4 amide bonds. The van der Waals surface area contributed by atoms with Gasteiger partial charge in [0.15, 0.2) is 18.0 Å². The summed E-state index contributed by atoms with van der Waals surface area (Å²) in [7, 11) is -4.93. The number of aromatic nitrogens is 2. The van der Waals surface area contributed by atoms with E-state index in [9.17, 15) is 41.7 Å². The summed E-state index contributed by atoms with van der Waals surface area (Å²) in [6.07, 6.45) is 6.91. The number of carbonyl (C=O) groups excluding carboxylic acids is 6. The van der Waals surface area contributed by atoms with E-state index >= 15 is 0 Å². The first-order chi connectivity index (χ1) is 23.9. The average Bonchev–Trinajstić information content (AvgIpc) is 3.74. The number of ether oxygens (including phenoxy) is 1. The Balaban J connectivity index is 1.08. The highest BCUT2D eigenvalue weighted by Gasteiger charge is 2.33. The van der Waals surface area contributed by atoms with Gasteiger partial charge in [-0.25, -0.2) is 27.6 Å². The molecule has 2 aliphatic heterocycles. The Labute approximate surface area is 285 Å². The predicted octanol–water partition coefficient (Wildman–Crippen LogP) is 2.40. The quantitative estimate of drug-likeness (QED) is 0.0848. The number of fused-ring (bicyclic) bond motifs is 1. The van der Waals surface area contributed by atoms with Gasteiger partial charge in [0.25, 0.3) is 23.6 Å². The molecule has 0 bridgehead atoms. The fraction of sp³-hybridized carbons (Fsp3) is 0.438. The zero-order valence-corrected chi connectivity index (χ0v) is 27.7. The molecule has 1 aromatic carbocycles. The molecule has 2 fully saturated rings. The molecule has 0 spiro atoms. The monoisotopic (exact) mass is 714 g/mol. The Morgan fingerprint density at radius 2 is 1.34 bits per heavy atom. The van der Waals surface area contributed by atoms with Crippen molar-refractivity contribution in [3.05, 3.63) is 36.7 Å². The lowest BCUT2D eigenvalue weighted by molar-refractivity contribution is -0.697. The number of hydroxylamine groups is 4. The highest BCUT2D eigenvalue weighted by Crippen LogP contribution is 2.32. The number of amides is 4. The Morgan fingerprint density at radius 1 is 0.800 bits per heavy atom. The standard InChI is InChI=1S/C32H34N4O13S/c37-26-9-10-27(38)35(26)48-30(41)7-3-1-5-15-34-16-13-21(14-17-34)32-33-22-19-25(50(43,44)45)24(20-23(22)47-32)46-18-6-2-4-8-31(42)49-36-28(39)11-12-29(36)40/h13-14,16-17,19-20H,1-12,15,18H2. The first kappa shape index (κ1) is 36.1. The zero-order valence-electron chi connectivity index (χ0n) is 26.9. The molecule has 50 heavy (non-hydrogen) atoms. The Kier molecular flexibility index (Phi) is 11.5. The molecule has 0 unspecified atom stereocenters. The molecule has 18 heteroatoms. The number of benzene rings is 1. The maximum Gasteiger partial charge on any atom is 0.333 e. The number of hydrogen-bond acceptors (Lipinski definition) is 14. The van der Waals surface area contributed by atoms with Crippen LogP contribution in [0.4, 0.5) is 0 Å². The summed E-state index contributed by atoms with van der Waals surface area (Å²) >= 11 is 0. The van der Waals surface area contributed by atoms with Gasteiger partial charge in [-0.05, 0) is 38.2 Å². The van der Waals surface area contributed by atoms with Crippen LogP contribution >= 0.6 is 0 Å². The van der Waals surface area contributed by atoms with E-state index in [1.165, 1.54) is 6.07 Å². The lowest BCUT2D eigenvalue weighted by atomic mass is 10.2. The molecule has 2 saturated heterocycles. The van der Waals surface area contributed by atoms with Gasteiger partial charge in [0.1, 0.15) is 27.9 Å². The van der Waals surface area contributed by atoms with Crippen molar-refractivity contribution in [2.45, 2.75) is 88.5 Å². The minimum atomic E-state index is -4.93. The molecule has 4 heterocycles. The molecule has 0 saturated carbocycles. The van der Waals surface area contributed by atoms with Crippen LogP contribution in [0.1, 0.15) is 77.0 Å². The van der Waals surface area contributed by atoms with Gasteiger partial charge in [-0.2, -0.15) is 0 Å². The Hall–Kier alpha value is -5.23. The number of nitrogens with zero attached hydrogens (tertiary/aromatic N) is 4. The van der Waals surface area contributed by atoms with Gasteiger partial charge in [0.2, 0.25) is 5.89 Å². The SMILES string of the molecule is O=C(CCCCCOc1cc2oc(-c3cc[n+](CCCCCC(=O)ON4C(=O)CCC4=O)cc3)nc2cc1S(=O)(=O)[O-])ON1C(=O)CCC1=O. The molecule has 3 aromatic rings. The minimum absolute atomic E-state index is 0.00195. The Bertz CT molecular complexity index is 1870. The van der Waals surface area contributed by atoms with Crippen LogP contribution in [0.2, 0.25) is 0 Å². The molecular formula is C32H34N4O13S. The highest BCUT2D eigenvalue weighted by atomic mass is 32.2. The summed E-state index contributed by atoms with van der Waals surface area (Å²) in [5.74, 6) is -3.51. The molecule has 0 N–H and O–H groups in total. The summed E-state index contributed by atoms with van der Waals surface area (Å²) in [5.41, 5.74) is 0.936. The lowest BCUT2D eigenvalue weighted by Gasteiger charge is -2.14. The summed E-state index contributed by atoms with van der Waals surface area (Å²) in [6, 6.07) is 5.89. The van der Waals surface area contributed by atoms with Crippen LogP contribution < -0.4 is 9.30 Å². The van der Waals surface area contributed by atoms with Crippen LogP contribution in [-0.2, 0) is 55.1 Å². The molecule has 2 aromatic heterocycles. The maximum absolute atomic E-state index is 12.0. The second-order valence-corrected chi connectivity index (χ2v) is 13.0. The van der Waals surface area contributed by atoms with E-state index in [0.717, 1.165) is 12.5 Å². The van der Waals surface area contributed by atoms with Crippen molar-refractivity contribution in [1.82, 2.24) is 15.1 Å². The number of pyridine rings is 1. The molecule has 0 aliphatic carbocycles. The zero-order chi connectivity index (χ0) is 35.8. The van der Waals surface area contributed by atoms with Gasteiger partial charge in [0, 0.05) is 68.7 Å². The second kappa shape index (κ2) is 16.0.